The predicted molar refractivity (Wildman–Crippen MR) is 72.4 cm³/mol. The van der Waals surface area contributed by atoms with Gasteiger partial charge in [0.1, 0.15) is 0 Å². The Labute approximate surface area is 110 Å². The Morgan fingerprint density at radius 2 is 2.00 bits per heavy atom. The van der Waals surface area contributed by atoms with Gasteiger partial charge in [-0.15, -0.1) is 0 Å². The van der Waals surface area contributed by atoms with Gasteiger partial charge in [0.05, 0.1) is 11.5 Å². The molecule has 1 heterocycles. The van der Waals surface area contributed by atoms with E-state index in [0.29, 0.717) is 13.1 Å². The van der Waals surface area contributed by atoms with Crippen molar-refractivity contribution < 1.29 is 9.90 Å². The fourth-order valence-corrected chi connectivity index (χ4v) is 2.30. The van der Waals surface area contributed by atoms with Crippen LogP contribution in [0.5, 0.6) is 0 Å². The second-order valence-electron chi connectivity index (χ2n) is 5.76. The van der Waals surface area contributed by atoms with Crippen molar-refractivity contribution in [2.75, 3.05) is 39.8 Å². The van der Waals surface area contributed by atoms with Crippen molar-refractivity contribution in [2.45, 2.75) is 32.8 Å². The summed E-state index contributed by atoms with van der Waals surface area (Å²) in [6.07, 6.45) is 2.12. The minimum absolute atomic E-state index is 0.0176. The molecule has 5 nitrogen and oxygen atoms in total. The number of aliphatic hydroxyl groups excluding tert-OH is 1. The molecule has 1 fully saturated rings. The van der Waals surface area contributed by atoms with Crippen LogP contribution in [0.4, 0.5) is 0 Å². The van der Waals surface area contributed by atoms with Crippen molar-refractivity contribution in [1.29, 1.82) is 0 Å². The number of rotatable bonds is 7. The van der Waals surface area contributed by atoms with Crippen LogP contribution in [0.25, 0.3) is 0 Å². The van der Waals surface area contributed by atoms with Crippen molar-refractivity contribution in [2.24, 2.45) is 5.41 Å². The molecule has 1 saturated heterocycles. The van der Waals surface area contributed by atoms with Crippen molar-refractivity contribution in [3.8, 4) is 0 Å². The first-order valence-corrected chi connectivity index (χ1v) is 6.79. The zero-order valence-corrected chi connectivity index (χ0v) is 11.8. The van der Waals surface area contributed by atoms with Gasteiger partial charge >= 0.3 is 0 Å². The van der Waals surface area contributed by atoms with E-state index in [0.717, 1.165) is 19.6 Å². The van der Waals surface area contributed by atoms with Crippen molar-refractivity contribution in [3.05, 3.63) is 0 Å². The molecule has 0 aromatic heterocycles. The van der Waals surface area contributed by atoms with Crippen LogP contribution in [0.3, 0.4) is 0 Å². The topological polar surface area (TPSA) is 64.6 Å². The van der Waals surface area contributed by atoms with E-state index in [-0.39, 0.29) is 12.0 Å². The number of β-amino-alcohol motifs (C(OH)–C–C–N with tert-alkyl or cyclic N) is 1. The Balaban J connectivity index is 2.18. The molecule has 0 bridgehead atoms. The van der Waals surface area contributed by atoms with Gasteiger partial charge in [-0.2, -0.15) is 0 Å². The molecular weight excluding hydrogens is 230 g/mol. The van der Waals surface area contributed by atoms with Crippen molar-refractivity contribution >= 4 is 5.91 Å². The molecular formula is C13H27N3O2. The Bertz CT molecular complexity index is 263. The van der Waals surface area contributed by atoms with E-state index < -0.39 is 5.41 Å². The third-order valence-electron chi connectivity index (χ3n) is 3.46. The zero-order valence-electron chi connectivity index (χ0n) is 11.8. The third-order valence-corrected chi connectivity index (χ3v) is 3.46. The molecule has 5 heteroatoms. The lowest BCUT2D eigenvalue weighted by Gasteiger charge is -2.25. The molecule has 1 aliphatic heterocycles. The van der Waals surface area contributed by atoms with Crippen LogP contribution in [0.15, 0.2) is 0 Å². The Hall–Kier alpha value is -0.650. The molecule has 106 valence electrons. The van der Waals surface area contributed by atoms with Gasteiger partial charge in [-0.3, -0.25) is 4.79 Å². The second-order valence-corrected chi connectivity index (χ2v) is 5.76. The largest absolute Gasteiger partial charge is 0.390 e. The molecule has 18 heavy (non-hydrogen) atoms. The zero-order chi connectivity index (χ0) is 13.6. The second kappa shape index (κ2) is 7.07. The standard InChI is InChI=1S/C13H27N3O2/c1-13(2,12(18)14-3)10-15-8-11(17)9-16-6-4-5-7-16/h11,15,17H,4-10H2,1-3H3,(H,14,18). The van der Waals surface area contributed by atoms with Gasteiger partial charge < -0.3 is 20.6 Å². The van der Waals surface area contributed by atoms with Crippen molar-refractivity contribution in [3.63, 3.8) is 0 Å². The highest BCUT2D eigenvalue weighted by molar-refractivity contribution is 5.81. The van der Waals surface area contributed by atoms with Gasteiger partial charge in [0.15, 0.2) is 0 Å². The normalized spacial score (nSPS) is 18.9. The van der Waals surface area contributed by atoms with E-state index in [2.05, 4.69) is 15.5 Å². The summed E-state index contributed by atoms with van der Waals surface area (Å²) in [6.45, 7) is 7.83. The highest BCUT2D eigenvalue weighted by atomic mass is 16.3. The van der Waals surface area contributed by atoms with Crippen LogP contribution < -0.4 is 10.6 Å². The number of hydrogen-bond donors (Lipinski definition) is 3. The van der Waals surface area contributed by atoms with E-state index in [4.69, 9.17) is 0 Å². The quantitative estimate of drug-likeness (QED) is 0.591. The van der Waals surface area contributed by atoms with Crippen LogP contribution in [0, 0.1) is 5.41 Å². The molecule has 0 saturated carbocycles. The minimum Gasteiger partial charge on any atom is -0.390 e. The highest BCUT2D eigenvalue weighted by Crippen LogP contribution is 2.13. The van der Waals surface area contributed by atoms with Crippen LogP contribution in [0.2, 0.25) is 0 Å². The smallest absolute Gasteiger partial charge is 0.226 e. The fraction of sp³-hybridized carbons (Fsp3) is 0.923. The summed E-state index contributed by atoms with van der Waals surface area (Å²) >= 11 is 0. The van der Waals surface area contributed by atoms with Gasteiger partial charge in [-0.1, -0.05) is 0 Å². The van der Waals surface area contributed by atoms with E-state index in [9.17, 15) is 9.90 Å². The first-order chi connectivity index (χ1) is 8.45. The number of aliphatic hydroxyl groups is 1. The number of carbonyl (C=O) groups is 1. The van der Waals surface area contributed by atoms with Gasteiger partial charge in [0.2, 0.25) is 5.91 Å². The SMILES string of the molecule is CNC(=O)C(C)(C)CNCC(O)CN1CCCC1. The molecule has 0 radical (unpaired) electrons. The molecule has 0 spiro atoms. The lowest BCUT2D eigenvalue weighted by Crippen LogP contribution is -2.45. The van der Waals surface area contributed by atoms with Crippen LogP contribution in [-0.2, 0) is 4.79 Å². The number of nitrogens with zero attached hydrogens (tertiary/aromatic N) is 1. The van der Waals surface area contributed by atoms with E-state index in [1.807, 2.05) is 13.8 Å². The van der Waals surface area contributed by atoms with Gasteiger partial charge in [0, 0.05) is 26.7 Å². The number of amides is 1. The summed E-state index contributed by atoms with van der Waals surface area (Å²) < 4.78 is 0. The highest BCUT2D eigenvalue weighted by Gasteiger charge is 2.26. The summed E-state index contributed by atoms with van der Waals surface area (Å²) in [5, 5.41) is 15.7. The Morgan fingerprint density at radius 1 is 1.39 bits per heavy atom. The lowest BCUT2D eigenvalue weighted by atomic mass is 9.92. The van der Waals surface area contributed by atoms with E-state index in [1.54, 1.807) is 7.05 Å². The summed E-state index contributed by atoms with van der Waals surface area (Å²) in [4.78, 5) is 13.9. The molecule has 0 aromatic rings. The Morgan fingerprint density at radius 3 is 2.56 bits per heavy atom. The van der Waals surface area contributed by atoms with E-state index in [1.165, 1.54) is 12.8 Å². The molecule has 1 amide bonds. The average Bonchev–Trinajstić information content (AvgIpc) is 2.80. The first-order valence-electron chi connectivity index (χ1n) is 6.79. The molecule has 0 aromatic carbocycles. The fourth-order valence-electron chi connectivity index (χ4n) is 2.30. The maximum atomic E-state index is 11.6. The molecule has 3 N–H and O–H groups in total. The lowest BCUT2D eigenvalue weighted by molar-refractivity contribution is -0.128. The third kappa shape index (κ3) is 4.92. The summed E-state index contributed by atoms with van der Waals surface area (Å²) in [5.74, 6) is 0.0176. The molecule has 1 unspecified atom stereocenters. The van der Waals surface area contributed by atoms with Gasteiger partial charge in [-0.05, 0) is 39.8 Å². The predicted octanol–water partition coefficient (Wildman–Crippen LogP) is -0.195. The Kier molecular flexibility index (Phi) is 6.05. The van der Waals surface area contributed by atoms with Crippen LogP contribution in [-0.4, -0.2) is 61.8 Å². The average molecular weight is 257 g/mol. The summed E-state index contributed by atoms with van der Waals surface area (Å²) in [7, 11) is 1.65. The molecule has 0 aliphatic carbocycles. The maximum absolute atomic E-state index is 11.6. The summed E-state index contributed by atoms with van der Waals surface area (Å²) in [6, 6.07) is 0. The maximum Gasteiger partial charge on any atom is 0.226 e. The minimum atomic E-state index is -0.442. The monoisotopic (exact) mass is 257 g/mol. The van der Waals surface area contributed by atoms with Crippen molar-refractivity contribution in [1.82, 2.24) is 15.5 Å². The number of hydrogen-bond acceptors (Lipinski definition) is 4. The first kappa shape index (κ1) is 15.4. The van der Waals surface area contributed by atoms with Crippen LogP contribution in [0.1, 0.15) is 26.7 Å². The van der Waals surface area contributed by atoms with E-state index >= 15 is 0 Å². The van der Waals surface area contributed by atoms with Crippen LogP contribution >= 0.6 is 0 Å². The molecule has 1 aliphatic rings. The van der Waals surface area contributed by atoms with Gasteiger partial charge in [0.25, 0.3) is 0 Å². The number of nitrogens with one attached hydrogen (secondary N) is 2. The molecule has 1 atom stereocenters. The molecule has 1 rings (SSSR count). The number of likely N-dealkylation sites (tertiary alicyclic amines) is 1. The van der Waals surface area contributed by atoms with Gasteiger partial charge in [-0.25, -0.2) is 0 Å². The summed E-state index contributed by atoms with van der Waals surface area (Å²) in [5.41, 5.74) is -0.442. The number of carbonyl (C=O) groups excluding carboxylic acids is 1.